The minimum atomic E-state index is 0.190. The number of methoxy groups -OCH3 is 1. The molecule has 0 bridgehead atoms. The molecule has 0 saturated carbocycles. The summed E-state index contributed by atoms with van der Waals surface area (Å²) in [4.78, 5) is 5.46. The second-order valence-corrected chi connectivity index (χ2v) is 8.78. The smallest absolute Gasteiger partial charge is 0.128 e. The van der Waals surface area contributed by atoms with Gasteiger partial charge in [-0.05, 0) is 48.1 Å². The van der Waals surface area contributed by atoms with E-state index in [9.17, 15) is 5.11 Å². The summed E-state index contributed by atoms with van der Waals surface area (Å²) in [5.74, 6) is 2.65. The van der Waals surface area contributed by atoms with Gasteiger partial charge in [0.15, 0.2) is 0 Å². The maximum atomic E-state index is 9.55. The Kier molecular flexibility index (Phi) is 5.92. The van der Waals surface area contributed by atoms with E-state index >= 15 is 0 Å². The first-order valence-corrected chi connectivity index (χ1v) is 11.5. The average Bonchev–Trinajstić information content (AvgIpc) is 3.31. The van der Waals surface area contributed by atoms with E-state index in [-0.39, 0.29) is 12.5 Å². The zero-order valence-electron chi connectivity index (χ0n) is 18.9. The molecule has 1 atom stereocenters. The number of benzene rings is 2. The lowest BCUT2D eigenvalue weighted by molar-refractivity contribution is 0.160. The normalized spacial score (nSPS) is 17.7. The molecule has 6 heteroatoms. The Morgan fingerprint density at radius 1 is 1.18 bits per heavy atom. The van der Waals surface area contributed by atoms with E-state index in [1.54, 1.807) is 7.11 Å². The van der Waals surface area contributed by atoms with Crippen molar-refractivity contribution >= 4 is 23.3 Å². The minimum Gasteiger partial charge on any atom is -0.496 e. The Labute approximate surface area is 194 Å². The molecule has 0 spiro atoms. The molecule has 1 unspecified atom stereocenters. The van der Waals surface area contributed by atoms with Crippen LogP contribution in [0.2, 0.25) is 0 Å². The molecule has 3 aromatic rings. The predicted molar refractivity (Wildman–Crippen MR) is 134 cm³/mol. The second kappa shape index (κ2) is 9.16. The van der Waals surface area contributed by atoms with Gasteiger partial charge in [-0.25, -0.2) is 0 Å². The number of anilines is 1. The number of piperidine rings is 1. The highest BCUT2D eigenvalue weighted by atomic mass is 16.5. The van der Waals surface area contributed by atoms with Gasteiger partial charge in [0.05, 0.1) is 7.11 Å². The van der Waals surface area contributed by atoms with Gasteiger partial charge in [0.1, 0.15) is 17.4 Å². The summed E-state index contributed by atoms with van der Waals surface area (Å²) in [7, 11) is 1.70. The molecule has 2 aliphatic rings. The summed E-state index contributed by atoms with van der Waals surface area (Å²) in [6.07, 6.45) is 6.31. The molecule has 0 amide bonds. The topological polar surface area (TPSA) is 84.4 Å². The lowest BCUT2D eigenvalue weighted by atomic mass is 9.94. The van der Waals surface area contributed by atoms with Gasteiger partial charge in [-0.1, -0.05) is 36.4 Å². The van der Waals surface area contributed by atoms with Crippen molar-refractivity contribution in [2.24, 2.45) is 5.92 Å². The first-order chi connectivity index (χ1) is 16.2. The van der Waals surface area contributed by atoms with Crippen LogP contribution in [-0.2, 0) is 0 Å². The number of fused-ring (bicyclic) bond motifs is 1. The number of aliphatic hydroxyl groups excluding tert-OH is 1. The van der Waals surface area contributed by atoms with Gasteiger partial charge < -0.3 is 25.0 Å². The first kappa shape index (κ1) is 21.3. The van der Waals surface area contributed by atoms with Crippen LogP contribution in [0, 0.1) is 11.3 Å². The molecular weight excluding hydrogens is 412 g/mol. The predicted octanol–water partition coefficient (Wildman–Crippen LogP) is 4.69. The van der Waals surface area contributed by atoms with Crippen molar-refractivity contribution in [3.63, 3.8) is 0 Å². The fourth-order valence-electron chi connectivity index (χ4n) is 4.88. The van der Waals surface area contributed by atoms with E-state index in [0.717, 1.165) is 65.3 Å². The fraction of sp³-hybridized carbons (Fsp3) is 0.296. The van der Waals surface area contributed by atoms with Gasteiger partial charge in [-0.15, -0.1) is 0 Å². The maximum absolute atomic E-state index is 9.55. The van der Waals surface area contributed by atoms with Crippen molar-refractivity contribution in [2.45, 2.75) is 12.8 Å². The van der Waals surface area contributed by atoms with Gasteiger partial charge >= 0.3 is 0 Å². The Morgan fingerprint density at radius 2 is 2.06 bits per heavy atom. The molecule has 4 N–H and O–H groups in total. The zero-order chi connectivity index (χ0) is 22.8. The van der Waals surface area contributed by atoms with E-state index in [1.807, 2.05) is 36.5 Å². The van der Waals surface area contributed by atoms with Crippen LogP contribution in [0.1, 0.15) is 29.5 Å². The van der Waals surface area contributed by atoms with Crippen LogP contribution in [0.25, 0.3) is 22.8 Å². The molecule has 6 nitrogen and oxygen atoms in total. The number of hydrogen-bond donors (Lipinski definition) is 4. The van der Waals surface area contributed by atoms with Gasteiger partial charge in [-0.3, -0.25) is 5.41 Å². The van der Waals surface area contributed by atoms with E-state index in [2.05, 4.69) is 39.5 Å². The molecule has 1 aromatic heterocycles. The highest BCUT2D eigenvalue weighted by molar-refractivity contribution is 6.00. The van der Waals surface area contributed by atoms with E-state index < -0.39 is 0 Å². The average molecular weight is 443 g/mol. The van der Waals surface area contributed by atoms with E-state index in [0.29, 0.717) is 12.4 Å². The van der Waals surface area contributed by atoms with Gasteiger partial charge in [0, 0.05) is 54.7 Å². The monoisotopic (exact) mass is 442 g/mol. The summed E-state index contributed by atoms with van der Waals surface area (Å²) in [6, 6.07) is 16.3. The molecular formula is C27H30N4O2. The number of ether oxygens (including phenoxy) is 1. The molecule has 3 heterocycles. The standard InChI is InChI=1S/C27H30N4O2/c1-33-25-10-3-2-9-22(25)24-15-30-27-23(24)13-21(14-29-27)19-7-4-8-20(12-19)26(28)31-11-5-6-18(16-31)17-32/h2-4,7-10,12-13,15,18,28-30,32H,5-6,11,14,16-17H2,1H3. The molecule has 1 fully saturated rings. The largest absolute Gasteiger partial charge is 0.496 e. The molecule has 170 valence electrons. The van der Waals surface area contributed by atoms with E-state index in [1.165, 1.54) is 5.57 Å². The number of aromatic nitrogens is 1. The third kappa shape index (κ3) is 4.14. The van der Waals surface area contributed by atoms with Gasteiger partial charge in [0.2, 0.25) is 0 Å². The number of nitrogens with zero attached hydrogens (tertiary/aromatic N) is 1. The number of likely N-dealkylation sites (tertiary alicyclic amines) is 1. The Bertz CT molecular complexity index is 1200. The third-order valence-electron chi connectivity index (χ3n) is 6.69. The molecule has 0 aliphatic carbocycles. The van der Waals surface area contributed by atoms with Crippen LogP contribution in [0.15, 0.2) is 54.7 Å². The molecule has 0 radical (unpaired) electrons. The number of hydrogen-bond acceptors (Lipinski definition) is 4. The Morgan fingerprint density at radius 3 is 2.91 bits per heavy atom. The summed E-state index contributed by atoms with van der Waals surface area (Å²) in [5.41, 5.74) is 6.47. The number of H-pyrrole nitrogens is 1. The SMILES string of the molecule is COc1ccccc1-c1c[nH]c2c1C=C(c1cccc(C(=N)N3CCCC(CO)C3)c1)CN2. The number of aromatic amines is 1. The van der Waals surface area contributed by atoms with Crippen molar-refractivity contribution < 1.29 is 9.84 Å². The van der Waals surface area contributed by atoms with Crippen molar-refractivity contribution in [1.82, 2.24) is 9.88 Å². The van der Waals surface area contributed by atoms with Crippen LogP contribution in [0.4, 0.5) is 5.82 Å². The third-order valence-corrected chi connectivity index (χ3v) is 6.69. The minimum absolute atomic E-state index is 0.190. The molecule has 2 aromatic carbocycles. The summed E-state index contributed by atoms with van der Waals surface area (Å²) < 4.78 is 5.59. The van der Waals surface area contributed by atoms with Crippen LogP contribution in [0.3, 0.4) is 0 Å². The van der Waals surface area contributed by atoms with Crippen LogP contribution < -0.4 is 10.1 Å². The first-order valence-electron chi connectivity index (χ1n) is 11.5. The molecule has 1 saturated heterocycles. The zero-order valence-corrected chi connectivity index (χ0v) is 18.9. The van der Waals surface area contributed by atoms with Gasteiger partial charge in [0.25, 0.3) is 0 Å². The fourth-order valence-corrected chi connectivity index (χ4v) is 4.88. The van der Waals surface area contributed by atoms with Crippen molar-refractivity contribution in [3.8, 4) is 16.9 Å². The second-order valence-electron chi connectivity index (χ2n) is 8.78. The quantitative estimate of drug-likeness (QED) is 0.341. The number of rotatable bonds is 5. The van der Waals surface area contributed by atoms with Gasteiger partial charge in [-0.2, -0.15) is 0 Å². The Balaban J connectivity index is 1.45. The summed E-state index contributed by atoms with van der Waals surface area (Å²) in [6.45, 7) is 2.53. The molecule has 33 heavy (non-hydrogen) atoms. The molecule has 2 aliphatic heterocycles. The lowest BCUT2D eigenvalue weighted by Gasteiger charge is -2.33. The summed E-state index contributed by atoms with van der Waals surface area (Å²) in [5, 5.41) is 21.8. The number of para-hydroxylation sites is 1. The highest BCUT2D eigenvalue weighted by Gasteiger charge is 2.23. The number of nitrogens with one attached hydrogen (secondary N) is 3. The van der Waals surface area contributed by atoms with Crippen LogP contribution in [-0.4, -0.2) is 54.2 Å². The van der Waals surface area contributed by atoms with Crippen LogP contribution in [0.5, 0.6) is 5.75 Å². The van der Waals surface area contributed by atoms with Crippen molar-refractivity contribution in [3.05, 3.63) is 71.4 Å². The lowest BCUT2D eigenvalue weighted by Crippen LogP contribution is -2.41. The number of aliphatic hydroxyl groups is 1. The van der Waals surface area contributed by atoms with E-state index in [4.69, 9.17) is 10.1 Å². The maximum Gasteiger partial charge on any atom is 0.128 e. The van der Waals surface area contributed by atoms with Crippen molar-refractivity contribution in [1.29, 1.82) is 5.41 Å². The molecule has 5 rings (SSSR count). The Hall–Kier alpha value is -3.51. The summed E-state index contributed by atoms with van der Waals surface area (Å²) >= 11 is 0. The number of amidine groups is 1. The highest BCUT2D eigenvalue weighted by Crippen LogP contribution is 2.39. The van der Waals surface area contributed by atoms with Crippen molar-refractivity contribution in [2.75, 3.05) is 38.7 Å². The van der Waals surface area contributed by atoms with Crippen LogP contribution >= 0.6 is 0 Å².